The molecule has 0 unspecified atom stereocenters. The molecule has 0 aliphatic carbocycles. The summed E-state index contributed by atoms with van der Waals surface area (Å²) in [4.78, 5) is 0. The van der Waals surface area contributed by atoms with Crippen molar-refractivity contribution < 1.29 is 19.2 Å². The maximum atomic E-state index is 2.25. The summed E-state index contributed by atoms with van der Waals surface area (Å²) < 4.78 is 0. The molecule has 0 saturated carbocycles. The second kappa shape index (κ2) is 9.22. The van der Waals surface area contributed by atoms with Gasteiger partial charge in [-0.25, -0.2) is 0 Å². The van der Waals surface area contributed by atoms with Crippen LogP contribution in [0.1, 0.15) is 0 Å². The fraction of sp³-hybridized carbons (Fsp3) is 1.00. The SMILES string of the molecule is B.[CH3][Ti][CH3]. The van der Waals surface area contributed by atoms with E-state index in [1.165, 1.54) is 0 Å². The third-order valence-electron chi connectivity index (χ3n) is 0. The van der Waals surface area contributed by atoms with Gasteiger partial charge >= 0.3 is 29.6 Å². The van der Waals surface area contributed by atoms with Crippen molar-refractivity contribution in [2.24, 2.45) is 0 Å². The molecule has 0 aromatic heterocycles. The van der Waals surface area contributed by atoms with Crippen LogP contribution < -0.4 is 0 Å². The van der Waals surface area contributed by atoms with Gasteiger partial charge in [0.2, 0.25) is 0 Å². The summed E-state index contributed by atoms with van der Waals surface area (Å²) in [6.45, 7) is 0. The summed E-state index contributed by atoms with van der Waals surface area (Å²) in [5.41, 5.74) is 0. The molecule has 0 amide bonds. The van der Waals surface area contributed by atoms with Crippen molar-refractivity contribution in [2.75, 3.05) is 0 Å². The van der Waals surface area contributed by atoms with E-state index in [4.69, 9.17) is 0 Å². The Balaban J connectivity index is 0. The fourth-order valence-corrected chi connectivity index (χ4v) is 0. The van der Waals surface area contributed by atoms with Crippen LogP contribution in [0.15, 0.2) is 0 Å². The monoisotopic (exact) mass is 92.0 g/mol. The van der Waals surface area contributed by atoms with Crippen LogP contribution in [0.5, 0.6) is 0 Å². The Kier molecular flexibility index (Phi) is 20.4. The van der Waals surface area contributed by atoms with Crippen LogP contribution in [0.4, 0.5) is 0 Å². The van der Waals surface area contributed by atoms with E-state index in [2.05, 4.69) is 10.5 Å². The molecule has 0 N–H and O–H groups in total. The number of hydrogen-bond acceptors (Lipinski definition) is 0. The van der Waals surface area contributed by atoms with Crippen LogP contribution in [-0.2, 0) is 19.2 Å². The summed E-state index contributed by atoms with van der Waals surface area (Å²) in [6.07, 6.45) is 0. The van der Waals surface area contributed by atoms with Crippen LogP contribution in [0.25, 0.3) is 0 Å². The van der Waals surface area contributed by atoms with Gasteiger partial charge in [0, 0.05) is 0 Å². The second-order valence-electron chi connectivity index (χ2n) is 0.500. The molecule has 0 spiro atoms. The Morgan fingerprint density at radius 3 is 1.25 bits per heavy atom. The van der Waals surface area contributed by atoms with E-state index in [9.17, 15) is 0 Å². The van der Waals surface area contributed by atoms with Crippen molar-refractivity contribution in [1.82, 2.24) is 0 Å². The first-order valence-corrected chi connectivity index (χ1v) is 4.12. The molecule has 4 heavy (non-hydrogen) atoms. The van der Waals surface area contributed by atoms with Crippen molar-refractivity contribution >= 4 is 8.41 Å². The summed E-state index contributed by atoms with van der Waals surface area (Å²) in [6, 6.07) is 0. The van der Waals surface area contributed by atoms with Gasteiger partial charge in [-0.05, 0) is 0 Å². The van der Waals surface area contributed by atoms with Gasteiger partial charge in [0.1, 0.15) is 0 Å². The van der Waals surface area contributed by atoms with Crippen molar-refractivity contribution in [2.45, 2.75) is 10.5 Å². The fourth-order valence-electron chi connectivity index (χ4n) is 0. The molecule has 2 heteroatoms. The Hall–Kier alpha value is 0.779. The van der Waals surface area contributed by atoms with E-state index in [1.807, 2.05) is 0 Å². The molecule has 0 aliphatic heterocycles. The Labute approximate surface area is 38.5 Å². The first-order chi connectivity index (χ1) is 1.41. The Morgan fingerprint density at radius 2 is 1.25 bits per heavy atom. The molecule has 0 fully saturated rings. The predicted molar refractivity (Wildman–Crippen MR) is 21.7 cm³/mol. The van der Waals surface area contributed by atoms with Gasteiger partial charge in [0.25, 0.3) is 0 Å². The molecule has 0 heterocycles. The third kappa shape index (κ3) is 14.5. The van der Waals surface area contributed by atoms with E-state index >= 15 is 0 Å². The van der Waals surface area contributed by atoms with E-state index in [0.29, 0.717) is 19.2 Å². The number of hydrogen-bond donors (Lipinski definition) is 0. The molecule has 0 nitrogen and oxygen atoms in total. The average Bonchev–Trinajstić information content (AvgIpc) is 0.918. The van der Waals surface area contributed by atoms with Gasteiger partial charge in [0.15, 0.2) is 0 Å². The van der Waals surface area contributed by atoms with Crippen molar-refractivity contribution in [3.05, 3.63) is 0 Å². The standard InChI is InChI=1S/2CH3.BH3.Ti/h3*1H3;. The van der Waals surface area contributed by atoms with Gasteiger partial charge in [-0.15, -0.1) is 0 Å². The van der Waals surface area contributed by atoms with E-state index in [-0.39, 0.29) is 8.41 Å². The minimum absolute atomic E-state index is 0. The van der Waals surface area contributed by atoms with Gasteiger partial charge in [0.05, 0.1) is 8.41 Å². The minimum atomic E-state index is 0. The van der Waals surface area contributed by atoms with Gasteiger partial charge in [-0.3, -0.25) is 0 Å². The molecule has 0 rings (SSSR count). The zero-order valence-corrected chi connectivity index (χ0v) is 4.06. The first kappa shape index (κ1) is 8.84. The molecular weight excluding hydrogens is 82.7 g/mol. The Morgan fingerprint density at radius 1 is 1.25 bits per heavy atom. The van der Waals surface area contributed by atoms with Gasteiger partial charge in [-0.2, -0.15) is 0 Å². The normalized spacial score (nSPS) is 3.50. The van der Waals surface area contributed by atoms with Crippen molar-refractivity contribution in [1.29, 1.82) is 0 Å². The summed E-state index contributed by atoms with van der Waals surface area (Å²) in [5, 5.41) is 4.50. The van der Waals surface area contributed by atoms with E-state index in [1.54, 1.807) is 0 Å². The third-order valence-corrected chi connectivity index (χ3v) is 0. The van der Waals surface area contributed by atoms with Crippen molar-refractivity contribution in [3.63, 3.8) is 0 Å². The summed E-state index contributed by atoms with van der Waals surface area (Å²) >= 11 is 0.500. The molecule has 0 aromatic carbocycles. The molecule has 0 aliphatic rings. The summed E-state index contributed by atoms with van der Waals surface area (Å²) in [7, 11) is 0. The molecule has 24 valence electrons. The van der Waals surface area contributed by atoms with Crippen LogP contribution in [0, 0.1) is 0 Å². The van der Waals surface area contributed by atoms with E-state index in [0.717, 1.165) is 0 Å². The molecule has 0 saturated heterocycles. The topological polar surface area (TPSA) is 0 Å². The van der Waals surface area contributed by atoms with Crippen LogP contribution in [0.3, 0.4) is 0 Å². The first-order valence-electron chi connectivity index (χ1n) is 1.00. The molecular formula is C2H9BTi. The van der Waals surface area contributed by atoms with Gasteiger partial charge in [-0.1, -0.05) is 0 Å². The van der Waals surface area contributed by atoms with Crippen LogP contribution in [-0.4, -0.2) is 8.41 Å². The molecule has 0 atom stereocenters. The second-order valence-corrected chi connectivity index (χ2v) is 2.06. The molecule has 0 aromatic rings. The maximum absolute atomic E-state index is 2.25. The molecule has 0 radical (unpaired) electrons. The summed E-state index contributed by atoms with van der Waals surface area (Å²) in [5.74, 6) is 0. The van der Waals surface area contributed by atoms with Gasteiger partial charge < -0.3 is 0 Å². The van der Waals surface area contributed by atoms with Crippen LogP contribution in [0.2, 0.25) is 10.5 Å². The average molecular weight is 91.8 g/mol. The Bertz CT molecular complexity index is 6.00. The predicted octanol–water partition coefficient (Wildman–Crippen LogP) is -0.0188. The van der Waals surface area contributed by atoms with Crippen LogP contribution >= 0.6 is 0 Å². The number of rotatable bonds is 0. The zero-order chi connectivity index (χ0) is 2.71. The van der Waals surface area contributed by atoms with Crippen molar-refractivity contribution in [3.8, 4) is 0 Å². The zero-order valence-electron chi connectivity index (χ0n) is 2.50. The quantitative estimate of drug-likeness (QED) is 0.368. The van der Waals surface area contributed by atoms with E-state index < -0.39 is 0 Å². The molecule has 0 bridgehead atoms.